The Morgan fingerprint density at radius 1 is 1.36 bits per heavy atom. The number of hydrogen-bond donors (Lipinski definition) is 0. The molecule has 82 valence electrons. The zero-order valence-corrected chi connectivity index (χ0v) is 8.15. The molecule has 0 fully saturated rings. The SMILES string of the molecule is CC/C=C(\CC(F)(F)F)C(=O)OCC. The van der Waals surface area contributed by atoms with Crippen molar-refractivity contribution in [2.75, 3.05) is 6.61 Å². The van der Waals surface area contributed by atoms with Gasteiger partial charge in [-0.25, -0.2) is 4.79 Å². The zero-order valence-electron chi connectivity index (χ0n) is 8.15. The van der Waals surface area contributed by atoms with Crippen LogP contribution in [0.1, 0.15) is 26.7 Å². The van der Waals surface area contributed by atoms with Crippen molar-refractivity contribution in [2.24, 2.45) is 0 Å². The lowest BCUT2D eigenvalue weighted by atomic mass is 10.1. The summed E-state index contributed by atoms with van der Waals surface area (Å²) in [5.41, 5.74) is -0.318. The van der Waals surface area contributed by atoms with Crippen LogP contribution in [0.15, 0.2) is 11.6 Å². The number of alkyl halides is 3. The minimum Gasteiger partial charge on any atom is -0.463 e. The van der Waals surface area contributed by atoms with Crippen LogP contribution in [0.3, 0.4) is 0 Å². The molecule has 0 spiro atoms. The minimum atomic E-state index is -4.37. The van der Waals surface area contributed by atoms with E-state index in [4.69, 9.17) is 0 Å². The average molecular weight is 210 g/mol. The average Bonchev–Trinajstić information content (AvgIpc) is 2.01. The number of halogens is 3. The maximum absolute atomic E-state index is 12.0. The van der Waals surface area contributed by atoms with Crippen LogP contribution in [0.2, 0.25) is 0 Å². The van der Waals surface area contributed by atoms with Crippen LogP contribution >= 0.6 is 0 Å². The fourth-order valence-corrected chi connectivity index (χ4v) is 0.914. The number of allylic oxidation sites excluding steroid dienone is 1. The molecular formula is C9H13F3O2. The van der Waals surface area contributed by atoms with Crippen molar-refractivity contribution in [1.82, 2.24) is 0 Å². The molecule has 0 amide bonds. The fraction of sp³-hybridized carbons (Fsp3) is 0.667. The lowest BCUT2D eigenvalue weighted by molar-refractivity contribution is -0.147. The molecule has 0 atom stereocenters. The summed E-state index contributed by atoms with van der Waals surface area (Å²) in [6.45, 7) is 3.29. The standard InChI is InChI=1S/C9H13F3O2/c1-3-5-7(6-9(10,11)12)8(13)14-4-2/h5H,3-4,6H2,1-2H3/b7-5+. The van der Waals surface area contributed by atoms with Gasteiger partial charge >= 0.3 is 12.1 Å². The Labute approximate surface area is 80.7 Å². The van der Waals surface area contributed by atoms with Crippen LogP contribution in [0.5, 0.6) is 0 Å². The first kappa shape index (κ1) is 13.0. The second-order valence-electron chi connectivity index (χ2n) is 2.65. The van der Waals surface area contributed by atoms with Crippen molar-refractivity contribution in [3.05, 3.63) is 11.6 Å². The molecule has 0 unspecified atom stereocenters. The van der Waals surface area contributed by atoms with Crippen molar-refractivity contribution in [1.29, 1.82) is 0 Å². The van der Waals surface area contributed by atoms with Crippen LogP contribution in [0, 0.1) is 0 Å². The Bertz CT molecular complexity index is 219. The van der Waals surface area contributed by atoms with Gasteiger partial charge in [-0.2, -0.15) is 13.2 Å². The summed E-state index contributed by atoms with van der Waals surface area (Å²) in [6.07, 6.45) is -3.97. The Morgan fingerprint density at radius 2 is 1.93 bits per heavy atom. The topological polar surface area (TPSA) is 26.3 Å². The lowest BCUT2D eigenvalue weighted by Gasteiger charge is -2.09. The highest BCUT2D eigenvalue weighted by molar-refractivity contribution is 5.88. The summed E-state index contributed by atoms with van der Waals surface area (Å²) in [7, 11) is 0. The van der Waals surface area contributed by atoms with Crippen LogP contribution in [-0.4, -0.2) is 18.8 Å². The number of hydrogen-bond acceptors (Lipinski definition) is 2. The Kier molecular flexibility index (Phi) is 5.27. The van der Waals surface area contributed by atoms with E-state index in [9.17, 15) is 18.0 Å². The van der Waals surface area contributed by atoms with E-state index in [0.717, 1.165) is 0 Å². The van der Waals surface area contributed by atoms with Gasteiger partial charge in [0.2, 0.25) is 0 Å². The van der Waals surface area contributed by atoms with E-state index in [1.165, 1.54) is 6.08 Å². The molecule has 0 aliphatic carbocycles. The lowest BCUT2D eigenvalue weighted by Crippen LogP contribution is -2.16. The highest BCUT2D eigenvalue weighted by Crippen LogP contribution is 2.25. The molecule has 2 nitrogen and oxygen atoms in total. The Morgan fingerprint density at radius 3 is 2.29 bits per heavy atom. The number of esters is 1. The predicted octanol–water partition coefficient (Wildman–Crippen LogP) is 2.84. The number of carbonyl (C=O) groups is 1. The summed E-state index contributed by atoms with van der Waals surface area (Å²) < 4.78 is 40.4. The molecular weight excluding hydrogens is 197 g/mol. The maximum atomic E-state index is 12.0. The third-order valence-electron chi connectivity index (χ3n) is 1.38. The molecule has 0 saturated carbocycles. The van der Waals surface area contributed by atoms with Gasteiger partial charge in [-0.15, -0.1) is 0 Å². The van der Waals surface area contributed by atoms with Gasteiger partial charge in [0.25, 0.3) is 0 Å². The van der Waals surface area contributed by atoms with Gasteiger partial charge in [0.15, 0.2) is 0 Å². The van der Waals surface area contributed by atoms with Crippen LogP contribution in [0.4, 0.5) is 13.2 Å². The van der Waals surface area contributed by atoms with E-state index in [1.54, 1.807) is 13.8 Å². The van der Waals surface area contributed by atoms with Gasteiger partial charge in [0.05, 0.1) is 13.0 Å². The van der Waals surface area contributed by atoms with Crippen LogP contribution in [-0.2, 0) is 9.53 Å². The molecule has 0 aromatic heterocycles. The quantitative estimate of drug-likeness (QED) is 0.526. The highest BCUT2D eigenvalue weighted by Gasteiger charge is 2.31. The molecule has 0 rings (SSSR count). The second-order valence-corrected chi connectivity index (χ2v) is 2.65. The van der Waals surface area contributed by atoms with Gasteiger partial charge in [-0.3, -0.25) is 0 Å². The smallest absolute Gasteiger partial charge is 0.393 e. The molecule has 0 aromatic rings. The minimum absolute atomic E-state index is 0.0811. The molecule has 0 bridgehead atoms. The van der Waals surface area contributed by atoms with E-state index in [1.807, 2.05) is 0 Å². The van der Waals surface area contributed by atoms with Crippen LogP contribution < -0.4 is 0 Å². The van der Waals surface area contributed by atoms with E-state index in [2.05, 4.69) is 4.74 Å². The maximum Gasteiger partial charge on any atom is 0.393 e. The second kappa shape index (κ2) is 5.67. The summed E-state index contributed by atoms with van der Waals surface area (Å²) in [4.78, 5) is 11.0. The first-order chi connectivity index (χ1) is 6.40. The van der Waals surface area contributed by atoms with Crippen molar-refractivity contribution in [2.45, 2.75) is 32.9 Å². The molecule has 0 aliphatic rings. The van der Waals surface area contributed by atoms with Crippen molar-refractivity contribution in [3.63, 3.8) is 0 Å². The Hall–Kier alpha value is -1.00. The monoisotopic (exact) mass is 210 g/mol. The molecule has 0 N–H and O–H groups in total. The highest BCUT2D eigenvalue weighted by atomic mass is 19.4. The molecule has 0 radical (unpaired) electrons. The van der Waals surface area contributed by atoms with E-state index >= 15 is 0 Å². The summed E-state index contributed by atoms with van der Waals surface area (Å²) in [6, 6.07) is 0. The molecule has 5 heteroatoms. The van der Waals surface area contributed by atoms with Crippen molar-refractivity contribution < 1.29 is 22.7 Å². The summed E-state index contributed by atoms with van der Waals surface area (Å²) >= 11 is 0. The Balaban J connectivity index is 4.46. The molecule has 0 aromatic carbocycles. The predicted molar refractivity (Wildman–Crippen MR) is 45.7 cm³/mol. The van der Waals surface area contributed by atoms with Crippen molar-refractivity contribution in [3.8, 4) is 0 Å². The van der Waals surface area contributed by atoms with E-state index < -0.39 is 18.6 Å². The normalized spacial score (nSPS) is 12.8. The summed E-state index contributed by atoms with van der Waals surface area (Å²) in [5, 5.41) is 0. The molecule has 0 saturated heterocycles. The number of carbonyl (C=O) groups excluding carboxylic acids is 1. The van der Waals surface area contributed by atoms with Gasteiger partial charge in [-0.05, 0) is 13.3 Å². The largest absolute Gasteiger partial charge is 0.463 e. The zero-order chi connectivity index (χ0) is 11.2. The third kappa shape index (κ3) is 5.61. The summed E-state index contributed by atoms with van der Waals surface area (Å²) in [5.74, 6) is -0.883. The molecule has 14 heavy (non-hydrogen) atoms. The first-order valence-electron chi connectivity index (χ1n) is 4.33. The van der Waals surface area contributed by atoms with E-state index in [0.29, 0.717) is 6.42 Å². The van der Waals surface area contributed by atoms with Gasteiger partial charge in [-0.1, -0.05) is 13.0 Å². The fourth-order valence-electron chi connectivity index (χ4n) is 0.914. The van der Waals surface area contributed by atoms with E-state index in [-0.39, 0.29) is 12.2 Å². The number of ether oxygens (including phenoxy) is 1. The van der Waals surface area contributed by atoms with Gasteiger partial charge < -0.3 is 4.74 Å². The molecule has 0 aliphatic heterocycles. The molecule has 0 heterocycles. The van der Waals surface area contributed by atoms with Crippen molar-refractivity contribution >= 4 is 5.97 Å². The third-order valence-corrected chi connectivity index (χ3v) is 1.38. The first-order valence-corrected chi connectivity index (χ1v) is 4.33. The van der Waals surface area contributed by atoms with Gasteiger partial charge in [0, 0.05) is 5.57 Å². The van der Waals surface area contributed by atoms with Gasteiger partial charge in [0.1, 0.15) is 0 Å². The number of rotatable bonds is 4. The van der Waals surface area contributed by atoms with Crippen LogP contribution in [0.25, 0.3) is 0 Å².